The van der Waals surface area contributed by atoms with Crippen LogP contribution in [0.1, 0.15) is 23.7 Å². The summed E-state index contributed by atoms with van der Waals surface area (Å²) in [5, 5.41) is 0. The van der Waals surface area contributed by atoms with Crippen molar-refractivity contribution in [3.63, 3.8) is 0 Å². The molecule has 0 aliphatic rings. The van der Waals surface area contributed by atoms with Crippen LogP contribution in [0.15, 0.2) is 12.4 Å². The molecular formula is C8H10N2O2. The SMILES string of the molecule is CCCOc1ncc(C=O)cn1. The highest BCUT2D eigenvalue weighted by atomic mass is 16.5. The zero-order valence-electron chi connectivity index (χ0n) is 6.86. The molecule has 0 aliphatic carbocycles. The minimum absolute atomic E-state index is 0.322. The highest BCUT2D eigenvalue weighted by molar-refractivity contribution is 5.73. The van der Waals surface area contributed by atoms with Gasteiger partial charge in [0.15, 0.2) is 6.29 Å². The van der Waals surface area contributed by atoms with E-state index in [2.05, 4.69) is 9.97 Å². The number of carbonyl (C=O) groups is 1. The van der Waals surface area contributed by atoms with E-state index in [9.17, 15) is 4.79 Å². The summed E-state index contributed by atoms with van der Waals surface area (Å²) in [4.78, 5) is 17.9. The third kappa shape index (κ3) is 2.30. The van der Waals surface area contributed by atoms with E-state index in [1.165, 1.54) is 12.4 Å². The normalized spacial score (nSPS) is 9.42. The summed E-state index contributed by atoms with van der Waals surface area (Å²) in [5.41, 5.74) is 0.457. The minimum Gasteiger partial charge on any atom is -0.463 e. The number of carbonyl (C=O) groups excluding carboxylic acids is 1. The molecule has 0 N–H and O–H groups in total. The quantitative estimate of drug-likeness (QED) is 0.628. The maximum atomic E-state index is 10.2. The second-order valence-corrected chi connectivity index (χ2v) is 2.27. The lowest BCUT2D eigenvalue weighted by Crippen LogP contribution is -1.99. The highest BCUT2D eigenvalue weighted by Gasteiger charge is 1.95. The molecular weight excluding hydrogens is 156 g/mol. The molecule has 0 amide bonds. The van der Waals surface area contributed by atoms with Crippen LogP contribution in [-0.4, -0.2) is 22.9 Å². The Bertz CT molecular complexity index is 246. The van der Waals surface area contributed by atoms with Crippen LogP contribution in [0, 0.1) is 0 Å². The van der Waals surface area contributed by atoms with Gasteiger partial charge in [0, 0.05) is 12.4 Å². The lowest BCUT2D eigenvalue weighted by Gasteiger charge is -2.00. The molecule has 1 rings (SSSR count). The standard InChI is InChI=1S/C8H10N2O2/c1-2-3-12-8-9-4-7(6-11)5-10-8/h4-6H,2-3H2,1H3. The summed E-state index contributed by atoms with van der Waals surface area (Å²) < 4.78 is 5.12. The van der Waals surface area contributed by atoms with Crippen molar-refractivity contribution in [2.45, 2.75) is 13.3 Å². The molecule has 1 aromatic rings. The van der Waals surface area contributed by atoms with Gasteiger partial charge in [-0.2, -0.15) is 0 Å². The van der Waals surface area contributed by atoms with E-state index >= 15 is 0 Å². The van der Waals surface area contributed by atoms with Crippen molar-refractivity contribution in [1.82, 2.24) is 9.97 Å². The van der Waals surface area contributed by atoms with Crippen LogP contribution in [0.4, 0.5) is 0 Å². The van der Waals surface area contributed by atoms with Crippen LogP contribution in [0.3, 0.4) is 0 Å². The molecule has 0 aliphatic heterocycles. The largest absolute Gasteiger partial charge is 0.463 e. The van der Waals surface area contributed by atoms with Crippen molar-refractivity contribution in [3.8, 4) is 6.01 Å². The lowest BCUT2D eigenvalue weighted by molar-refractivity contribution is 0.112. The first-order chi connectivity index (χ1) is 5.86. The van der Waals surface area contributed by atoms with Gasteiger partial charge in [-0.15, -0.1) is 0 Å². The van der Waals surface area contributed by atoms with Gasteiger partial charge in [0.25, 0.3) is 0 Å². The number of hydrogen-bond donors (Lipinski definition) is 0. The fourth-order valence-corrected chi connectivity index (χ4v) is 0.655. The predicted molar refractivity (Wildman–Crippen MR) is 43.2 cm³/mol. The van der Waals surface area contributed by atoms with E-state index in [4.69, 9.17) is 4.74 Å². The van der Waals surface area contributed by atoms with Gasteiger partial charge in [-0.1, -0.05) is 6.92 Å². The second kappa shape index (κ2) is 4.43. The number of nitrogens with zero attached hydrogens (tertiary/aromatic N) is 2. The Labute approximate surface area is 70.6 Å². The van der Waals surface area contributed by atoms with Crippen LogP contribution < -0.4 is 4.74 Å². The molecule has 0 aromatic carbocycles. The fraction of sp³-hybridized carbons (Fsp3) is 0.375. The number of aldehydes is 1. The molecule has 0 saturated heterocycles. The maximum absolute atomic E-state index is 10.2. The number of aromatic nitrogens is 2. The Balaban J connectivity index is 2.58. The van der Waals surface area contributed by atoms with E-state index in [0.29, 0.717) is 24.5 Å². The van der Waals surface area contributed by atoms with Gasteiger partial charge < -0.3 is 4.74 Å². The minimum atomic E-state index is 0.322. The Morgan fingerprint density at radius 1 is 1.50 bits per heavy atom. The first kappa shape index (κ1) is 8.64. The second-order valence-electron chi connectivity index (χ2n) is 2.27. The summed E-state index contributed by atoms with van der Waals surface area (Å²) in [7, 11) is 0. The molecule has 0 spiro atoms. The molecule has 12 heavy (non-hydrogen) atoms. The molecule has 0 saturated carbocycles. The first-order valence-electron chi connectivity index (χ1n) is 3.77. The first-order valence-corrected chi connectivity index (χ1v) is 3.77. The van der Waals surface area contributed by atoms with Gasteiger partial charge >= 0.3 is 6.01 Å². The van der Waals surface area contributed by atoms with Crippen molar-refractivity contribution in [2.24, 2.45) is 0 Å². The zero-order chi connectivity index (χ0) is 8.81. The van der Waals surface area contributed by atoms with Crippen LogP contribution >= 0.6 is 0 Å². The molecule has 64 valence electrons. The Morgan fingerprint density at radius 3 is 2.67 bits per heavy atom. The van der Waals surface area contributed by atoms with Gasteiger partial charge in [-0.25, -0.2) is 9.97 Å². The molecule has 1 aromatic heterocycles. The molecule has 0 unspecified atom stereocenters. The highest BCUT2D eigenvalue weighted by Crippen LogP contribution is 2.00. The van der Waals surface area contributed by atoms with Crippen molar-refractivity contribution in [1.29, 1.82) is 0 Å². The van der Waals surface area contributed by atoms with Crippen molar-refractivity contribution >= 4 is 6.29 Å². The van der Waals surface area contributed by atoms with Gasteiger partial charge in [0.1, 0.15) is 0 Å². The fourth-order valence-electron chi connectivity index (χ4n) is 0.655. The molecule has 1 heterocycles. The van der Waals surface area contributed by atoms with E-state index in [1.54, 1.807) is 0 Å². The molecule has 0 bridgehead atoms. The van der Waals surface area contributed by atoms with Crippen molar-refractivity contribution < 1.29 is 9.53 Å². The Kier molecular flexibility index (Phi) is 3.19. The van der Waals surface area contributed by atoms with Gasteiger partial charge in [0.2, 0.25) is 0 Å². The third-order valence-corrected chi connectivity index (χ3v) is 1.22. The number of hydrogen-bond acceptors (Lipinski definition) is 4. The summed E-state index contributed by atoms with van der Waals surface area (Å²) >= 11 is 0. The monoisotopic (exact) mass is 166 g/mol. The van der Waals surface area contributed by atoms with E-state index in [0.717, 1.165) is 6.42 Å². The summed E-state index contributed by atoms with van der Waals surface area (Å²) in [5.74, 6) is 0. The van der Waals surface area contributed by atoms with Crippen LogP contribution in [0.5, 0.6) is 6.01 Å². The van der Waals surface area contributed by atoms with Crippen LogP contribution in [-0.2, 0) is 0 Å². The number of ether oxygens (including phenoxy) is 1. The van der Waals surface area contributed by atoms with Crippen molar-refractivity contribution in [2.75, 3.05) is 6.61 Å². The molecule has 4 nitrogen and oxygen atoms in total. The Morgan fingerprint density at radius 2 is 2.17 bits per heavy atom. The van der Waals surface area contributed by atoms with Crippen molar-refractivity contribution in [3.05, 3.63) is 18.0 Å². The summed E-state index contributed by atoms with van der Waals surface area (Å²) in [6.45, 7) is 2.60. The van der Waals surface area contributed by atoms with E-state index < -0.39 is 0 Å². The average Bonchev–Trinajstić information content (AvgIpc) is 2.15. The third-order valence-electron chi connectivity index (χ3n) is 1.22. The smallest absolute Gasteiger partial charge is 0.316 e. The molecule has 0 atom stereocenters. The van der Waals surface area contributed by atoms with Gasteiger partial charge in [0.05, 0.1) is 12.2 Å². The lowest BCUT2D eigenvalue weighted by atomic mass is 10.4. The van der Waals surface area contributed by atoms with Crippen LogP contribution in [0.2, 0.25) is 0 Å². The molecule has 0 radical (unpaired) electrons. The zero-order valence-corrected chi connectivity index (χ0v) is 6.86. The van der Waals surface area contributed by atoms with E-state index in [1.807, 2.05) is 6.92 Å². The van der Waals surface area contributed by atoms with Gasteiger partial charge in [-0.3, -0.25) is 4.79 Å². The molecule has 4 heteroatoms. The summed E-state index contributed by atoms with van der Waals surface area (Å²) in [6.07, 6.45) is 4.48. The summed E-state index contributed by atoms with van der Waals surface area (Å²) in [6, 6.07) is 0.322. The Hall–Kier alpha value is -1.45. The topological polar surface area (TPSA) is 52.1 Å². The predicted octanol–water partition coefficient (Wildman–Crippen LogP) is 1.08. The number of rotatable bonds is 4. The molecule has 0 fully saturated rings. The van der Waals surface area contributed by atoms with E-state index in [-0.39, 0.29) is 0 Å². The maximum Gasteiger partial charge on any atom is 0.316 e. The van der Waals surface area contributed by atoms with Gasteiger partial charge in [-0.05, 0) is 6.42 Å². The van der Waals surface area contributed by atoms with Crippen LogP contribution in [0.25, 0.3) is 0 Å². The average molecular weight is 166 g/mol.